The average Bonchev–Trinajstić information content (AvgIpc) is 2.42. The Hall–Kier alpha value is -0.730. The van der Waals surface area contributed by atoms with Crippen molar-refractivity contribution in [2.45, 2.75) is 79.1 Å². The molecular weight excluding hydrogens is 318 g/mol. The molecule has 0 aliphatic carbocycles. The summed E-state index contributed by atoms with van der Waals surface area (Å²) in [6, 6.07) is 4.43. The summed E-state index contributed by atoms with van der Waals surface area (Å²) in [6.07, 6.45) is 2.24. The normalized spacial score (nSPS) is 12.4. The lowest BCUT2D eigenvalue weighted by Crippen LogP contribution is -2.24. The fourth-order valence-corrected chi connectivity index (χ4v) is 3.03. The smallest absolute Gasteiger partial charge is 0.123 e. The summed E-state index contributed by atoms with van der Waals surface area (Å²) >= 11 is 0. The van der Waals surface area contributed by atoms with Crippen molar-refractivity contribution in [2.75, 3.05) is 19.6 Å². The van der Waals surface area contributed by atoms with E-state index in [0.29, 0.717) is 5.75 Å². The van der Waals surface area contributed by atoms with Gasteiger partial charge in [0.15, 0.2) is 0 Å². The van der Waals surface area contributed by atoms with E-state index in [1.165, 1.54) is 12.0 Å². The molecule has 3 heteroatoms. The summed E-state index contributed by atoms with van der Waals surface area (Å²) in [4.78, 5) is 2.47. The lowest BCUT2D eigenvalue weighted by atomic mass is 9.78. The van der Waals surface area contributed by atoms with Gasteiger partial charge in [0, 0.05) is 0 Å². The van der Waals surface area contributed by atoms with E-state index in [1.807, 2.05) is 0 Å². The molecule has 2 nitrogen and oxygen atoms in total. The summed E-state index contributed by atoms with van der Waals surface area (Å²) in [5.41, 5.74) is 3.41. The molecule has 0 atom stereocenters. The maximum Gasteiger partial charge on any atom is 0.123 e. The van der Waals surface area contributed by atoms with Gasteiger partial charge in [-0.25, -0.2) is 0 Å². The molecule has 0 aliphatic rings. The highest BCUT2D eigenvalue weighted by molar-refractivity contribution is 5.85. The Kier molecular flexibility index (Phi) is 8.83. The van der Waals surface area contributed by atoms with Crippen LogP contribution in [-0.2, 0) is 17.3 Å². The van der Waals surface area contributed by atoms with E-state index in [9.17, 15) is 5.11 Å². The van der Waals surface area contributed by atoms with Crippen LogP contribution in [0.1, 0.15) is 78.5 Å². The Bertz CT molecular complexity index is 473. The molecule has 0 aromatic heterocycles. The molecule has 24 heavy (non-hydrogen) atoms. The van der Waals surface area contributed by atoms with Gasteiger partial charge < -0.3 is 10.0 Å². The van der Waals surface area contributed by atoms with Crippen LogP contribution in [0, 0.1) is 0 Å². The van der Waals surface area contributed by atoms with Crippen molar-refractivity contribution in [3.63, 3.8) is 0 Å². The van der Waals surface area contributed by atoms with Crippen LogP contribution in [0.15, 0.2) is 12.1 Å². The van der Waals surface area contributed by atoms with Gasteiger partial charge in [-0.3, -0.25) is 0 Å². The van der Waals surface area contributed by atoms with Crippen molar-refractivity contribution in [1.29, 1.82) is 0 Å². The van der Waals surface area contributed by atoms with Crippen LogP contribution in [0.5, 0.6) is 5.75 Å². The van der Waals surface area contributed by atoms with Gasteiger partial charge in [-0.15, -0.1) is 12.4 Å². The summed E-state index contributed by atoms with van der Waals surface area (Å²) in [6.45, 7) is 20.9. The first kappa shape index (κ1) is 23.3. The van der Waals surface area contributed by atoms with E-state index < -0.39 is 0 Å². The molecule has 0 heterocycles. The zero-order valence-corrected chi connectivity index (χ0v) is 17.8. The molecule has 0 fully saturated rings. The number of hydrogen-bond acceptors (Lipinski definition) is 2. The van der Waals surface area contributed by atoms with Gasteiger partial charge in [0.1, 0.15) is 5.75 Å². The van der Waals surface area contributed by atoms with Crippen molar-refractivity contribution >= 4 is 12.4 Å². The van der Waals surface area contributed by atoms with Gasteiger partial charge in [-0.1, -0.05) is 67.5 Å². The van der Waals surface area contributed by atoms with Crippen LogP contribution in [0.3, 0.4) is 0 Å². The molecule has 0 unspecified atom stereocenters. The van der Waals surface area contributed by atoms with Gasteiger partial charge >= 0.3 is 0 Å². The number of halogens is 1. The van der Waals surface area contributed by atoms with Crippen molar-refractivity contribution in [3.05, 3.63) is 28.8 Å². The molecule has 0 saturated carbocycles. The Labute approximate surface area is 156 Å². The van der Waals surface area contributed by atoms with Crippen molar-refractivity contribution in [1.82, 2.24) is 4.90 Å². The van der Waals surface area contributed by atoms with E-state index in [4.69, 9.17) is 0 Å². The second-order valence-electron chi connectivity index (χ2n) is 8.67. The highest BCUT2D eigenvalue weighted by Crippen LogP contribution is 2.39. The molecule has 0 aliphatic heterocycles. The molecule has 1 rings (SSSR count). The molecule has 0 radical (unpaired) electrons. The first-order valence-corrected chi connectivity index (χ1v) is 9.09. The monoisotopic (exact) mass is 355 g/mol. The molecule has 0 saturated heterocycles. The third-order valence-electron chi connectivity index (χ3n) is 4.62. The van der Waals surface area contributed by atoms with E-state index >= 15 is 0 Å². The maximum absolute atomic E-state index is 10.8. The minimum Gasteiger partial charge on any atom is -0.507 e. The predicted octanol–water partition coefficient (Wildman–Crippen LogP) is 5.68. The quantitative estimate of drug-likeness (QED) is 0.709. The topological polar surface area (TPSA) is 23.5 Å². The first-order valence-electron chi connectivity index (χ1n) is 9.09. The third kappa shape index (κ3) is 6.29. The Morgan fingerprint density at radius 3 is 1.62 bits per heavy atom. The van der Waals surface area contributed by atoms with Crippen LogP contribution in [0.25, 0.3) is 0 Å². The number of phenolic OH excluding ortho intramolecular Hbond substituents is 1. The molecule has 0 spiro atoms. The van der Waals surface area contributed by atoms with Crippen LogP contribution >= 0.6 is 12.4 Å². The zero-order chi connectivity index (χ0) is 17.8. The first-order chi connectivity index (χ1) is 10.5. The van der Waals surface area contributed by atoms with Gasteiger partial charge in [-0.05, 0) is 60.0 Å². The SMILES string of the molecule is CCN(CC)CCCc1cc(C(C)(C)C)c(O)c(C(C)(C)C)c1.Cl. The fraction of sp³-hybridized carbons (Fsp3) is 0.714. The lowest BCUT2D eigenvalue weighted by Gasteiger charge is -2.28. The van der Waals surface area contributed by atoms with Crippen LogP contribution in [0.4, 0.5) is 0 Å². The maximum atomic E-state index is 10.8. The van der Waals surface area contributed by atoms with Crippen molar-refractivity contribution in [3.8, 4) is 5.75 Å². The minimum atomic E-state index is -0.0427. The van der Waals surface area contributed by atoms with Gasteiger partial charge in [0.25, 0.3) is 0 Å². The van der Waals surface area contributed by atoms with Crippen LogP contribution < -0.4 is 0 Å². The number of phenols is 1. The third-order valence-corrected chi connectivity index (χ3v) is 4.62. The average molecular weight is 356 g/mol. The number of rotatable bonds is 6. The van der Waals surface area contributed by atoms with Gasteiger partial charge in [0.05, 0.1) is 0 Å². The van der Waals surface area contributed by atoms with Gasteiger partial charge in [-0.2, -0.15) is 0 Å². The van der Waals surface area contributed by atoms with Crippen LogP contribution in [0.2, 0.25) is 0 Å². The number of nitrogens with zero attached hydrogens (tertiary/aromatic N) is 1. The Morgan fingerprint density at radius 2 is 1.29 bits per heavy atom. The standard InChI is InChI=1S/C21H37NO.ClH/c1-9-22(10-2)13-11-12-16-14-17(20(3,4)5)19(23)18(15-16)21(6,7)8;/h14-15,23H,9-13H2,1-8H3;1H. The highest BCUT2D eigenvalue weighted by Gasteiger charge is 2.26. The summed E-state index contributed by atoms with van der Waals surface area (Å²) < 4.78 is 0. The molecule has 0 bridgehead atoms. The number of hydrogen-bond donors (Lipinski definition) is 1. The zero-order valence-electron chi connectivity index (χ0n) is 17.0. The second kappa shape index (κ2) is 9.10. The molecular formula is C21H38ClNO. The number of aryl methyl sites for hydroxylation is 1. The number of aromatic hydroxyl groups is 1. The second-order valence-corrected chi connectivity index (χ2v) is 8.67. The van der Waals surface area contributed by atoms with Crippen molar-refractivity contribution in [2.24, 2.45) is 0 Å². The van der Waals surface area contributed by atoms with E-state index in [2.05, 4.69) is 72.4 Å². The number of benzene rings is 1. The van der Waals surface area contributed by atoms with Gasteiger partial charge in [0.2, 0.25) is 0 Å². The molecule has 1 N–H and O–H groups in total. The summed E-state index contributed by atoms with van der Waals surface area (Å²) in [5, 5.41) is 10.8. The van der Waals surface area contributed by atoms with Crippen LogP contribution in [-0.4, -0.2) is 29.6 Å². The fourth-order valence-electron chi connectivity index (χ4n) is 3.03. The van der Waals surface area contributed by atoms with Crippen molar-refractivity contribution < 1.29 is 5.11 Å². The molecule has 0 amide bonds. The minimum absolute atomic E-state index is 0. The van der Waals surface area contributed by atoms with E-state index in [1.54, 1.807) is 0 Å². The molecule has 1 aromatic carbocycles. The Balaban J connectivity index is 0.00000529. The lowest BCUT2D eigenvalue weighted by molar-refractivity contribution is 0.300. The Morgan fingerprint density at radius 1 is 0.875 bits per heavy atom. The summed E-state index contributed by atoms with van der Waals surface area (Å²) in [7, 11) is 0. The molecule has 1 aromatic rings. The van der Waals surface area contributed by atoms with E-state index in [0.717, 1.165) is 37.2 Å². The molecule has 140 valence electrons. The predicted molar refractivity (Wildman–Crippen MR) is 109 cm³/mol. The summed E-state index contributed by atoms with van der Waals surface area (Å²) in [5.74, 6) is 0.484. The van der Waals surface area contributed by atoms with E-state index in [-0.39, 0.29) is 23.2 Å². The largest absolute Gasteiger partial charge is 0.507 e. The highest BCUT2D eigenvalue weighted by atomic mass is 35.5.